The molecular formula is C9H21N5O. The third kappa shape index (κ3) is 3.93. The number of nitrogens with zero attached hydrogens (tertiary/aromatic N) is 3. The van der Waals surface area contributed by atoms with Gasteiger partial charge in [-0.3, -0.25) is 4.90 Å². The summed E-state index contributed by atoms with van der Waals surface area (Å²) in [5.41, 5.74) is 4.96. The third-order valence-corrected chi connectivity index (χ3v) is 2.44. The Balaban J connectivity index is 2.36. The average molecular weight is 215 g/mol. The van der Waals surface area contributed by atoms with E-state index in [1.807, 2.05) is 18.7 Å². The fraction of sp³-hybridized carbons (Fsp3) is 0.889. The highest BCUT2D eigenvalue weighted by Crippen LogP contribution is 2.08. The standard InChI is InChI=1S/C9H21N5O/c1-9(2,15)7-13-3-5-14(6-4-13)8(10)12-11/h15H,3-7,11H2,1-2H3,(H2,10,12). The Bertz CT molecular complexity index is 227. The number of hydrogen-bond donors (Lipinski definition) is 3. The lowest BCUT2D eigenvalue weighted by atomic mass is 10.1. The molecule has 0 radical (unpaired) electrons. The van der Waals surface area contributed by atoms with Crippen molar-refractivity contribution in [2.24, 2.45) is 16.7 Å². The van der Waals surface area contributed by atoms with E-state index in [2.05, 4.69) is 10.0 Å². The van der Waals surface area contributed by atoms with Gasteiger partial charge in [0.25, 0.3) is 0 Å². The summed E-state index contributed by atoms with van der Waals surface area (Å²) in [5.74, 6) is 5.49. The van der Waals surface area contributed by atoms with Gasteiger partial charge >= 0.3 is 0 Å². The predicted molar refractivity (Wildman–Crippen MR) is 60.1 cm³/mol. The quantitative estimate of drug-likeness (QED) is 0.227. The van der Waals surface area contributed by atoms with Crippen LogP contribution < -0.4 is 11.6 Å². The molecule has 0 spiro atoms. The summed E-state index contributed by atoms with van der Waals surface area (Å²) in [6.45, 7) is 7.68. The minimum atomic E-state index is -0.643. The van der Waals surface area contributed by atoms with Crippen LogP contribution in [-0.4, -0.2) is 59.2 Å². The van der Waals surface area contributed by atoms with Crippen LogP contribution in [0, 0.1) is 0 Å². The van der Waals surface area contributed by atoms with Gasteiger partial charge in [-0.1, -0.05) is 0 Å². The smallest absolute Gasteiger partial charge is 0.213 e. The highest BCUT2D eigenvalue weighted by Gasteiger charge is 2.23. The molecule has 88 valence electrons. The molecule has 1 aliphatic heterocycles. The molecule has 0 aromatic carbocycles. The zero-order chi connectivity index (χ0) is 11.5. The molecule has 6 nitrogen and oxygen atoms in total. The van der Waals surface area contributed by atoms with Crippen LogP contribution in [0.2, 0.25) is 0 Å². The fourth-order valence-electron chi connectivity index (χ4n) is 1.76. The van der Waals surface area contributed by atoms with E-state index < -0.39 is 5.60 Å². The van der Waals surface area contributed by atoms with Gasteiger partial charge in [-0.05, 0) is 13.8 Å². The Morgan fingerprint density at radius 2 is 1.87 bits per heavy atom. The summed E-state index contributed by atoms with van der Waals surface area (Å²) in [4.78, 5) is 4.15. The van der Waals surface area contributed by atoms with E-state index in [9.17, 15) is 5.11 Å². The molecule has 6 heteroatoms. The van der Waals surface area contributed by atoms with Crippen LogP contribution >= 0.6 is 0 Å². The van der Waals surface area contributed by atoms with Crippen molar-refractivity contribution in [1.82, 2.24) is 9.80 Å². The minimum absolute atomic E-state index is 0.387. The molecule has 0 aromatic rings. The van der Waals surface area contributed by atoms with Gasteiger partial charge in [-0.15, -0.1) is 5.10 Å². The number of nitrogens with two attached hydrogens (primary N) is 2. The highest BCUT2D eigenvalue weighted by atomic mass is 16.3. The fourth-order valence-corrected chi connectivity index (χ4v) is 1.76. The molecular weight excluding hydrogens is 194 g/mol. The number of hydrazone groups is 1. The number of guanidine groups is 1. The van der Waals surface area contributed by atoms with Gasteiger partial charge in [-0.25, -0.2) is 0 Å². The summed E-state index contributed by atoms with van der Waals surface area (Å²) in [7, 11) is 0. The first-order valence-corrected chi connectivity index (χ1v) is 5.15. The van der Waals surface area contributed by atoms with Crippen LogP contribution in [-0.2, 0) is 0 Å². The second-order valence-electron chi connectivity index (χ2n) is 4.56. The molecule has 1 rings (SSSR count). The van der Waals surface area contributed by atoms with Crippen molar-refractivity contribution in [3.8, 4) is 0 Å². The second kappa shape index (κ2) is 4.67. The van der Waals surface area contributed by atoms with Crippen LogP contribution in [0.4, 0.5) is 0 Å². The number of piperazine rings is 1. The molecule has 15 heavy (non-hydrogen) atoms. The van der Waals surface area contributed by atoms with Crippen molar-refractivity contribution >= 4 is 5.96 Å². The Hall–Kier alpha value is -1.01. The zero-order valence-corrected chi connectivity index (χ0v) is 9.48. The summed E-state index contributed by atoms with van der Waals surface area (Å²) >= 11 is 0. The topological polar surface area (TPSA) is 91.1 Å². The summed E-state index contributed by atoms with van der Waals surface area (Å²) < 4.78 is 0. The Kier molecular flexibility index (Phi) is 3.76. The van der Waals surface area contributed by atoms with Gasteiger partial charge in [0.15, 0.2) is 0 Å². The first kappa shape index (κ1) is 12.1. The van der Waals surface area contributed by atoms with E-state index in [1.165, 1.54) is 0 Å². The maximum atomic E-state index is 9.67. The van der Waals surface area contributed by atoms with E-state index in [-0.39, 0.29) is 0 Å². The monoisotopic (exact) mass is 215 g/mol. The van der Waals surface area contributed by atoms with Gasteiger partial charge in [0.05, 0.1) is 5.60 Å². The first-order valence-electron chi connectivity index (χ1n) is 5.15. The van der Waals surface area contributed by atoms with Crippen molar-refractivity contribution in [2.75, 3.05) is 32.7 Å². The van der Waals surface area contributed by atoms with Crippen molar-refractivity contribution in [3.05, 3.63) is 0 Å². The number of aliphatic hydroxyl groups is 1. The maximum absolute atomic E-state index is 9.67. The van der Waals surface area contributed by atoms with Crippen molar-refractivity contribution < 1.29 is 5.11 Å². The van der Waals surface area contributed by atoms with E-state index in [1.54, 1.807) is 0 Å². The third-order valence-electron chi connectivity index (χ3n) is 2.44. The van der Waals surface area contributed by atoms with Crippen molar-refractivity contribution in [3.63, 3.8) is 0 Å². The lowest BCUT2D eigenvalue weighted by Gasteiger charge is -2.37. The summed E-state index contributed by atoms with van der Waals surface area (Å²) in [6.07, 6.45) is 0. The first-order chi connectivity index (χ1) is 6.92. The molecule has 0 bridgehead atoms. The molecule has 5 N–H and O–H groups in total. The lowest BCUT2D eigenvalue weighted by molar-refractivity contribution is 0.0250. The van der Waals surface area contributed by atoms with Crippen LogP contribution in [0.3, 0.4) is 0 Å². The average Bonchev–Trinajstić information content (AvgIpc) is 2.15. The molecule has 1 heterocycles. The van der Waals surface area contributed by atoms with Crippen LogP contribution in [0.5, 0.6) is 0 Å². The molecule has 0 unspecified atom stereocenters. The number of hydrogen-bond acceptors (Lipinski definition) is 4. The normalized spacial score (nSPS) is 20.7. The SMILES string of the molecule is CC(C)(O)CN1CCN(C(N)=NN)CC1. The van der Waals surface area contributed by atoms with Gasteiger partial charge in [0.2, 0.25) is 5.96 Å². The lowest BCUT2D eigenvalue weighted by Crippen LogP contribution is -2.53. The Morgan fingerprint density at radius 1 is 1.33 bits per heavy atom. The zero-order valence-electron chi connectivity index (χ0n) is 9.48. The van der Waals surface area contributed by atoms with Crippen molar-refractivity contribution in [1.29, 1.82) is 0 Å². The Morgan fingerprint density at radius 3 is 2.27 bits per heavy atom. The molecule has 0 saturated carbocycles. The van der Waals surface area contributed by atoms with Gasteiger partial charge in [0, 0.05) is 32.7 Å². The van der Waals surface area contributed by atoms with Gasteiger partial charge in [0.1, 0.15) is 0 Å². The van der Waals surface area contributed by atoms with Crippen LogP contribution in [0.15, 0.2) is 5.10 Å². The maximum Gasteiger partial charge on any atom is 0.213 e. The van der Waals surface area contributed by atoms with Crippen LogP contribution in [0.25, 0.3) is 0 Å². The van der Waals surface area contributed by atoms with Gasteiger partial charge < -0.3 is 21.6 Å². The predicted octanol–water partition coefficient (Wildman–Crippen LogP) is -1.44. The molecule has 1 saturated heterocycles. The van der Waals surface area contributed by atoms with E-state index in [0.717, 1.165) is 26.2 Å². The molecule has 0 aliphatic carbocycles. The number of β-amino-alcohol motifs (C(OH)–C–C–N with tert-alkyl or cyclic N) is 1. The Labute approximate surface area is 90.5 Å². The molecule has 0 aromatic heterocycles. The van der Waals surface area contributed by atoms with E-state index >= 15 is 0 Å². The number of rotatable bonds is 2. The van der Waals surface area contributed by atoms with E-state index in [4.69, 9.17) is 11.6 Å². The highest BCUT2D eigenvalue weighted by molar-refractivity contribution is 5.77. The minimum Gasteiger partial charge on any atom is -0.389 e. The molecule has 0 amide bonds. The second-order valence-corrected chi connectivity index (χ2v) is 4.56. The molecule has 1 aliphatic rings. The molecule has 0 atom stereocenters. The van der Waals surface area contributed by atoms with Gasteiger partial charge in [-0.2, -0.15) is 0 Å². The summed E-state index contributed by atoms with van der Waals surface area (Å²) in [5, 5.41) is 13.1. The summed E-state index contributed by atoms with van der Waals surface area (Å²) in [6, 6.07) is 0. The largest absolute Gasteiger partial charge is 0.389 e. The molecule has 1 fully saturated rings. The van der Waals surface area contributed by atoms with E-state index in [0.29, 0.717) is 12.5 Å². The van der Waals surface area contributed by atoms with Crippen molar-refractivity contribution in [2.45, 2.75) is 19.4 Å². The van der Waals surface area contributed by atoms with Crippen LogP contribution in [0.1, 0.15) is 13.8 Å².